The molecule has 0 amide bonds. The van der Waals surface area contributed by atoms with E-state index >= 15 is 0 Å². The summed E-state index contributed by atoms with van der Waals surface area (Å²) in [7, 11) is -2.17. The van der Waals surface area contributed by atoms with Gasteiger partial charge in [-0.05, 0) is 0 Å². The highest BCUT2D eigenvalue weighted by Gasteiger charge is 1.92. The highest BCUT2D eigenvalue weighted by atomic mass is 16.5. The molecule has 0 saturated carbocycles. The van der Waals surface area contributed by atoms with E-state index in [4.69, 9.17) is 15.1 Å². The van der Waals surface area contributed by atoms with Crippen molar-refractivity contribution >= 4 is 7.32 Å². The largest absolute Gasteiger partial charge is 0.631 e. The normalized spacial score (nSPS) is 9.40. The van der Waals surface area contributed by atoms with Crippen LogP contribution in [0.4, 0.5) is 0 Å². The number of rotatable bonds is 8. The van der Waals surface area contributed by atoms with Crippen molar-refractivity contribution in [3.05, 3.63) is 0 Å². The third kappa shape index (κ3) is 31.5. The van der Waals surface area contributed by atoms with E-state index in [1.54, 1.807) is 0 Å². The van der Waals surface area contributed by atoms with Crippen molar-refractivity contribution < 1.29 is 15.1 Å². The minimum absolute atomic E-state index is 1.37. The van der Waals surface area contributed by atoms with Gasteiger partial charge in [0.2, 0.25) is 0 Å². The number of hydrogen-bond donors (Lipinski definition) is 3. The van der Waals surface area contributed by atoms with Crippen LogP contribution in [0.1, 0.15) is 71.6 Å². The molecule has 0 aliphatic heterocycles. The van der Waals surface area contributed by atoms with Gasteiger partial charge in [-0.3, -0.25) is 0 Å². The first kappa shape index (κ1) is 17.3. The van der Waals surface area contributed by atoms with Crippen molar-refractivity contribution in [2.75, 3.05) is 0 Å². The molecule has 0 heterocycles. The summed E-state index contributed by atoms with van der Waals surface area (Å²) >= 11 is 0. The van der Waals surface area contributed by atoms with Crippen molar-refractivity contribution in [3.63, 3.8) is 0 Å². The molecule has 0 rings (SSSR count). The molecular weight excluding hydrogens is 191 g/mol. The zero-order valence-electron chi connectivity index (χ0n) is 10.3. The predicted octanol–water partition coefficient (Wildman–Crippen LogP) is 2.49. The molecular formula is C11H27BO3. The fraction of sp³-hybridized carbons (Fsp3) is 1.00. The first-order valence-electron chi connectivity index (χ1n) is 6.19. The van der Waals surface area contributed by atoms with E-state index in [0.717, 1.165) is 0 Å². The van der Waals surface area contributed by atoms with Gasteiger partial charge in [-0.25, -0.2) is 0 Å². The quantitative estimate of drug-likeness (QED) is 0.433. The first-order valence-corrected chi connectivity index (χ1v) is 6.19. The third-order valence-corrected chi connectivity index (χ3v) is 2.21. The number of unbranched alkanes of at least 4 members (excludes halogenated alkanes) is 8. The van der Waals surface area contributed by atoms with Crippen LogP contribution in [0.2, 0.25) is 0 Å². The Bertz CT molecular complexity index is 89.1. The van der Waals surface area contributed by atoms with Gasteiger partial charge >= 0.3 is 7.32 Å². The Morgan fingerprint density at radius 3 is 1.00 bits per heavy atom. The summed E-state index contributed by atoms with van der Waals surface area (Å²) in [4.78, 5) is 0. The summed E-state index contributed by atoms with van der Waals surface area (Å²) in [5.74, 6) is 0. The number of hydrogen-bond acceptors (Lipinski definition) is 3. The maximum absolute atomic E-state index is 7.17. The molecule has 0 aromatic heterocycles. The van der Waals surface area contributed by atoms with Crippen molar-refractivity contribution in [3.8, 4) is 0 Å². The van der Waals surface area contributed by atoms with Gasteiger partial charge in [0.25, 0.3) is 0 Å². The molecule has 0 atom stereocenters. The minimum atomic E-state index is -2.17. The highest BCUT2D eigenvalue weighted by Crippen LogP contribution is 2.08. The predicted molar refractivity (Wildman–Crippen MR) is 65.3 cm³/mol. The molecule has 0 aromatic carbocycles. The van der Waals surface area contributed by atoms with Crippen LogP contribution in [0.25, 0.3) is 0 Å². The van der Waals surface area contributed by atoms with Gasteiger partial charge in [-0.1, -0.05) is 71.6 Å². The van der Waals surface area contributed by atoms with Crippen LogP contribution in [0, 0.1) is 0 Å². The molecule has 15 heavy (non-hydrogen) atoms. The van der Waals surface area contributed by atoms with Crippen LogP contribution < -0.4 is 0 Å². The van der Waals surface area contributed by atoms with E-state index in [-0.39, 0.29) is 0 Å². The van der Waals surface area contributed by atoms with Crippen molar-refractivity contribution in [2.45, 2.75) is 71.6 Å². The Morgan fingerprint density at radius 1 is 0.600 bits per heavy atom. The molecule has 0 aliphatic carbocycles. The molecule has 3 nitrogen and oxygen atoms in total. The maximum atomic E-state index is 7.17. The Morgan fingerprint density at radius 2 is 0.800 bits per heavy atom. The van der Waals surface area contributed by atoms with Crippen molar-refractivity contribution in [1.29, 1.82) is 0 Å². The van der Waals surface area contributed by atoms with Crippen LogP contribution >= 0.6 is 0 Å². The molecule has 3 N–H and O–H groups in total. The van der Waals surface area contributed by atoms with E-state index in [1.165, 1.54) is 57.8 Å². The van der Waals surface area contributed by atoms with Crippen LogP contribution in [-0.2, 0) is 0 Å². The van der Waals surface area contributed by atoms with E-state index < -0.39 is 7.32 Å². The zero-order chi connectivity index (χ0) is 11.9. The second-order valence-corrected chi connectivity index (χ2v) is 3.82. The SMILES string of the molecule is CCCCCCCCCCC.OB(O)O. The third-order valence-electron chi connectivity index (χ3n) is 2.21. The van der Waals surface area contributed by atoms with E-state index in [2.05, 4.69) is 13.8 Å². The summed E-state index contributed by atoms with van der Waals surface area (Å²) in [6.45, 7) is 4.55. The van der Waals surface area contributed by atoms with Crippen molar-refractivity contribution in [2.24, 2.45) is 0 Å². The fourth-order valence-electron chi connectivity index (χ4n) is 1.38. The molecule has 0 aliphatic rings. The Kier molecular flexibility index (Phi) is 18.9. The Balaban J connectivity index is 0. The zero-order valence-corrected chi connectivity index (χ0v) is 10.3. The van der Waals surface area contributed by atoms with Gasteiger partial charge in [-0.15, -0.1) is 0 Å². The van der Waals surface area contributed by atoms with E-state index in [1.807, 2.05) is 0 Å². The fourth-order valence-corrected chi connectivity index (χ4v) is 1.38. The Labute approximate surface area is 94.7 Å². The lowest BCUT2D eigenvalue weighted by Crippen LogP contribution is -2.07. The second kappa shape index (κ2) is 16.4. The average Bonchev–Trinajstić information content (AvgIpc) is 2.16. The summed E-state index contributed by atoms with van der Waals surface area (Å²) in [6.07, 6.45) is 13.0. The maximum Gasteiger partial charge on any atom is 0.631 e. The molecule has 0 fully saturated rings. The minimum Gasteiger partial charge on any atom is -0.402 e. The van der Waals surface area contributed by atoms with Crippen molar-refractivity contribution in [1.82, 2.24) is 0 Å². The monoisotopic (exact) mass is 218 g/mol. The van der Waals surface area contributed by atoms with Gasteiger partial charge in [0.15, 0.2) is 0 Å². The molecule has 92 valence electrons. The average molecular weight is 218 g/mol. The van der Waals surface area contributed by atoms with E-state index in [0.29, 0.717) is 0 Å². The van der Waals surface area contributed by atoms with Gasteiger partial charge in [0.05, 0.1) is 0 Å². The topological polar surface area (TPSA) is 60.7 Å². The lowest BCUT2D eigenvalue weighted by Gasteiger charge is -1.98. The summed E-state index contributed by atoms with van der Waals surface area (Å²) in [5, 5.41) is 21.5. The van der Waals surface area contributed by atoms with E-state index in [9.17, 15) is 0 Å². The Hall–Kier alpha value is -0.0551. The molecule has 0 unspecified atom stereocenters. The van der Waals surface area contributed by atoms with Crippen LogP contribution in [-0.4, -0.2) is 22.4 Å². The molecule has 0 spiro atoms. The van der Waals surface area contributed by atoms with Gasteiger partial charge in [0.1, 0.15) is 0 Å². The van der Waals surface area contributed by atoms with Crippen LogP contribution in [0.3, 0.4) is 0 Å². The van der Waals surface area contributed by atoms with Gasteiger partial charge < -0.3 is 15.1 Å². The highest BCUT2D eigenvalue weighted by molar-refractivity contribution is 6.30. The summed E-state index contributed by atoms with van der Waals surface area (Å²) in [5.41, 5.74) is 0. The van der Waals surface area contributed by atoms with Crippen LogP contribution in [0.15, 0.2) is 0 Å². The first-order chi connectivity index (χ1) is 7.15. The summed E-state index contributed by atoms with van der Waals surface area (Å²) in [6, 6.07) is 0. The van der Waals surface area contributed by atoms with Gasteiger partial charge in [-0.2, -0.15) is 0 Å². The molecule has 0 bridgehead atoms. The van der Waals surface area contributed by atoms with Crippen LogP contribution in [0.5, 0.6) is 0 Å². The molecule has 0 saturated heterocycles. The lowest BCUT2D eigenvalue weighted by atomic mass is 10.1. The second-order valence-electron chi connectivity index (χ2n) is 3.82. The molecule has 0 aromatic rings. The molecule has 0 radical (unpaired) electrons. The molecule has 4 heteroatoms. The smallest absolute Gasteiger partial charge is 0.402 e. The lowest BCUT2D eigenvalue weighted by molar-refractivity contribution is 0.278. The summed E-state index contributed by atoms with van der Waals surface area (Å²) < 4.78 is 0. The standard InChI is InChI=1S/C11H24.BH3O3/c1-3-5-7-9-11-10-8-6-4-2;2-1(3)4/h3-11H2,1-2H3;2-4H. The van der Waals surface area contributed by atoms with Gasteiger partial charge in [0, 0.05) is 0 Å².